The van der Waals surface area contributed by atoms with E-state index >= 15 is 0 Å². The molecule has 0 unspecified atom stereocenters. The Morgan fingerprint density at radius 3 is 2.37 bits per heavy atom. The number of benzene rings is 2. The van der Waals surface area contributed by atoms with Crippen molar-refractivity contribution >= 4 is 21.6 Å². The van der Waals surface area contributed by atoms with E-state index < -0.39 is 15.9 Å². The Labute approximate surface area is 176 Å². The minimum absolute atomic E-state index is 0.0748. The van der Waals surface area contributed by atoms with Crippen molar-refractivity contribution in [3.8, 4) is 11.5 Å². The van der Waals surface area contributed by atoms with Gasteiger partial charge in [0, 0.05) is 13.1 Å². The molecule has 3 rings (SSSR count). The first-order valence-electron chi connectivity index (χ1n) is 9.59. The maximum Gasteiger partial charge on any atom is 0.259 e. The number of furan rings is 1. The Bertz CT molecular complexity index is 1120. The van der Waals surface area contributed by atoms with Crippen molar-refractivity contribution in [2.24, 2.45) is 0 Å². The third-order valence-electron chi connectivity index (χ3n) is 4.62. The van der Waals surface area contributed by atoms with E-state index in [1.807, 2.05) is 18.2 Å². The molecule has 7 nitrogen and oxygen atoms in total. The molecule has 0 aliphatic carbocycles. The standard InChI is InChI=1S/C22H24N2O5S/c1-4-24(5-2)30(26,27)18-11-12-21(29-17-9-7-6-8-10-17)20(15-18)23-22(25)19-13-14-28-16(19)3/h6-15H,4-5H2,1-3H3,(H,23,25). The molecule has 158 valence electrons. The minimum Gasteiger partial charge on any atom is -0.469 e. The van der Waals surface area contributed by atoms with Crippen LogP contribution in [-0.4, -0.2) is 31.7 Å². The Balaban J connectivity index is 2.02. The number of anilines is 1. The quantitative estimate of drug-likeness (QED) is 0.563. The maximum absolute atomic E-state index is 12.9. The van der Waals surface area contributed by atoms with Gasteiger partial charge in [-0.2, -0.15) is 4.31 Å². The Morgan fingerprint density at radius 2 is 1.77 bits per heavy atom. The maximum atomic E-state index is 12.9. The van der Waals surface area contributed by atoms with Gasteiger partial charge >= 0.3 is 0 Å². The van der Waals surface area contributed by atoms with Gasteiger partial charge in [0.2, 0.25) is 10.0 Å². The van der Waals surface area contributed by atoms with E-state index in [-0.39, 0.29) is 10.6 Å². The first kappa shape index (κ1) is 21.6. The van der Waals surface area contributed by atoms with E-state index in [0.29, 0.717) is 35.9 Å². The van der Waals surface area contributed by atoms with Gasteiger partial charge in [-0.15, -0.1) is 0 Å². The van der Waals surface area contributed by atoms with Crippen molar-refractivity contribution < 1.29 is 22.4 Å². The first-order chi connectivity index (χ1) is 14.4. The molecule has 1 heterocycles. The molecule has 2 aromatic carbocycles. The first-order valence-corrected chi connectivity index (χ1v) is 11.0. The normalized spacial score (nSPS) is 11.5. The van der Waals surface area contributed by atoms with Crippen molar-refractivity contribution in [3.05, 3.63) is 72.2 Å². The SMILES string of the molecule is CCN(CC)S(=O)(=O)c1ccc(Oc2ccccc2)c(NC(=O)c2ccoc2C)c1. The summed E-state index contributed by atoms with van der Waals surface area (Å²) >= 11 is 0. The van der Waals surface area contributed by atoms with Crippen molar-refractivity contribution in [2.45, 2.75) is 25.7 Å². The molecule has 30 heavy (non-hydrogen) atoms. The highest BCUT2D eigenvalue weighted by Crippen LogP contribution is 2.33. The molecule has 0 aliphatic heterocycles. The van der Waals surface area contributed by atoms with Gasteiger partial charge in [0.15, 0.2) is 5.75 Å². The number of amides is 1. The molecule has 0 saturated carbocycles. The van der Waals surface area contributed by atoms with Crippen molar-refractivity contribution in [1.82, 2.24) is 4.31 Å². The predicted octanol–water partition coefficient (Wildman–Crippen LogP) is 4.66. The fraction of sp³-hybridized carbons (Fsp3) is 0.227. The summed E-state index contributed by atoms with van der Waals surface area (Å²) in [6.45, 7) is 5.92. The number of aryl methyl sites for hydroxylation is 1. The van der Waals surface area contributed by atoms with Crippen LogP contribution in [0.25, 0.3) is 0 Å². The topological polar surface area (TPSA) is 88.9 Å². The van der Waals surface area contributed by atoms with Crippen LogP contribution in [0.5, 0.6) is 11.5 Å². The van der Waals surface area contributed by atoms with Crippen molar-refractivity contribution in [2.75, 3.05) is 18.4 Å². The summed E-state index contributed by atoms with van der Waals surface area (Å²) in [4.78, 5) is 12.8. The zero-order chi connectivity index (χ0) is 21.7. The zero-order valence-corrected chi connectivity index (χ0v) is 17.9. The van der Waals surface area contributed by atoms with E-state index in [9.17, 15) is 13.2 Å². The van der Waals surface area contributed by atoms with E-state index in [1.165, 1.54) is 22.7 Å². The third-order valence-corrected chi connectivity index (χ3v) is 6.66. The van der Waals surface area contributed by atoms with Crippen LogP contribution in [0.4, 0.5) is 5.69 Å². The fourth-order valence-electron chi connectivity index (χ4n) is 2.99. The molecule has 0 spiro atoms. The molecule has 3 aromatic rings. The summed E-state index contributed by atoms with van der Waals surface area (Å²) in [6.07, 6.45) is 1.42. The Morgan fingerprint density at radius 1 is 1.07 bits per heavy atom. The van der Waals surface area contributed by atoms with Gasteiger partial charge in [0.05, 0.1) is 22.4 Å². The van der Waals surface area contributed by atoms with Crippen LogP contribution < -0.4 is 10.1 Å². The lowest BCUT2D eigenvalue weighted by Gasteiger charge is -2.20. The fourth-order valence-corrected chi connectivity index (χ4v) is 4.48. The molecule has 0 fully saturated rings. The molecule has 1 amide bonds. The molecule has 0 radical (unpaired) electrons. The van der Waals surface area contributed by atoms with Crippen LogP contribution in [0.3, 0.4) is 0 Å². The van der Waals surface area contributed by atoms with Crippen LogP contribution in [0.1, 0.15) is 30.0 Å². The number of rotatable bonds is 8. The number of ether oxygens (including phenoxy) is 1. The average molecular weight is 429 g/mol. The molecule has 0 aliphatic rings. The van der Waals surface area contributed by atoms with Crippen LogP contribution >= 0.6 is 0 Å². The molecular formula is C22H24N2O5S. The molecule has 8 heteroatoms. The number of carbonyl (C=O) groups excluding carboxylic acids is 1. The number of sulfonamides is 1. The summed E-state index contributed by atoms with van der Waals surface area (Å²) < 4.78 is 38.3. The number of hydrogen-bond acceptors (Lipinski definition) is 5. The number of nitrogens with one attached hydrogen (secondary N) is 1. The van der Waals surface area contributed by atoms with E-state index in [4.69, 9.17) is 9.15 Å². The molecule has 0 saturated heterocycles. The second-order valence-corrected chi connectivity index (χ2v) is 8.44. The highest BCUT2D eigenvalue weighted by molar-refractivity contribution is 7.89. The Hall–Kier alpha value is -3.10. The number of nitrogens with zero attached hydrogens (tertiary/aromatic N) is 1. The summed E-state index contributed by atoms with van der Waals surface area (Å²) in [5.74, 6) is 0.933. The monoisotopic (exact) mass is 428 g/mol. The summed E-state index contributed by atoms with van der Waals surface area (Å²) in [6, 6.07) is 15.0. The van der Waals surface area contributed by atoms with Gasteiger partial charge in [0.1, 0.15) is 11.5 Å². The number of hydrogen-bond donors (Lipinski definition) is 1. The smallest absolute Gasteiger partial charge is 0.259 e. The van der Waals surface area contributed by atoms with E-state index in [0.717, 1.165) is 0 Å². The molecule has 0 bridgehead atoms. The third kappa shape index (κ3) is 4.55. The minimum atomic E-state index is -3.70. The van der Waals surface area contributed by atoms with Crippen LogP contribution in [-0.2, 0) is 10.0 Å². The van der Waals surface area contributed by atoms with Crippen LogP contribution in [0.2, 0.25) is 0 Å². The van der Waals surface area contributed by atoms with Gasteiger partial charge < -0.3 is 14.5 Å². The lowest BCUT2D eigenvalue weighted by atomic mass is 10.2. The lowest BCUT2D eigenvalue weighted by Crippen LogP contribution is -2.30. The van der Waals surface area contributed by atoms with Gasteiger partial charge in [-0.25, -0.2) is 8.42 Å². The van der Waals surface area contributed by atoms with Crippen LogP contribution in [0.15, 0.2) is 70.2 Å². The molecule has 0 atom stereocenters. The van der Waals surface area contributed by atoms with E-state index in [1.54, 1.807) is 45.0 Å². The largest absolute Gasteiger partial charge is 0.469 e. The number of para-hydroxylation sites is 1. The van der Waals surface area contributed by atoms with Crippen LogP contribution in [0, 0.1) is 6.92 Å². The van der Waals surface area contributed by atoms with Gasteiger partial charge in [-0.05, 0) is 43.3 Å². The van der Waals surface area contributed by atoms with Gasteiger partial charge in [-0.1, -0.05) is 32.0 Å². The second-order valence-electron chi connectivity index (χ2n) is 6.51. The number of carbonyl (C=O) groups is 1. The highest BCUT2D eigenvalue weighted by Gasteiger charge is 2.24. The Kier molecular flexibility index (Phi) is 6.59. The lowest BCUT2D eigenvalue weighted by molar-refractivity contribution is 0.102. The molecule has 1 N–H and O–H groups in total. The average Bonchev–Trinajstić information content (AvgIpc) is 3.16. The molecule has 1 aromatic heterocycles. The van der Waals surface area contributed by atoms with Crippen molar-refractivity contribution in [1.29, 1.82) is 0 Å². The zero-order valence-electron chi connectivity index (χ0n) is 17.1. The summed E-state index contributed by atoms with van der Waals surface area (Å²) in [5.41, 5.74) is 0.607. The van der Waals surface area contributed by atoms with Gasteiger partial charge in [0.25, 0.3) is 5.91 Å². The van der Waals surface area contributed by atoms with Crippen molar-refractivity contribution in [3.63, 3.8) is 0 Å². The highest BCUT2D eigenvalue weighted by atomic mass is 32.2. The van der Waals surface area contributed by atoms with Gasteiger partial charge in [-0.3, -0.25) is 4.79 Å². The predicted molar refractivity (Wildman–Crippen MR) is 114 cm³/mol. The summed E-state index contributed by atoms with van der Waals surface area (Å²) in [7, 11) is -3.70. The summed E-state index contributed by atoms with van der Waals surface area (Å²) in [5, 5.41) is 2.75. The van der Waals surface area contributed by atoms with E-state index in [2.05, 4.69) is 5.32 Å². The second kappa shape index (κ2) is 9.15. The molecular weight excluding hydrogens is 404 g/mol.